The van der Waals surface area contributed by atoms with Gasteiger partial charge in [0.15, 0.2) is 0 Å². The van der Waals surface area contributed by atoms with Gasteiger partial charge in [-0.3, -0.25) is 0 Å². The van der Waals surface area contributed by atoms with Crippen LogP contribution in [0.4, 0.5) is 14.9 Å². The molecule has 0 spiro atoms. The number of sulfonamides is 1. The molecular weight excluding hydrogens is 407 g/mol. The van der Waals surface area contributed by atoms with Crippen LogP contribution in [-0.2, 0) is 23.0 Å². The Labute approximate surface area is 175 Å². The summed E-state index contributed by atoms with van der Waals surface area (Å²) >= 11 is 0. The minimum atomic E-state index is -3.54. The first kappa shape index (κ1) is 20.6. The molecule has 160 valence electrons. The lowest BCUT2D eigenvalue weighted by molar-refractivity contribution is 0.189. The third-order valence-electron chi connectivity index (χ3n) is 5.78. The number of carbonyl (C=O) groups is 1. The van der Waals surface area contributed by atoms with E-state index in [-0.39, 0.29) is 22.8 Å². The predicted molar refractivity (Wildman–Crippen MR) is 112 cm³/mol. The van der Waals surface area contributed by atoms with Gasteiger partial charge in [-0.15, -0.1) is 0 Å². The van der Waals surface area contributed by atoms with Gasteiger partial charge in [0.1, 0.15) is 5.82 Å². The van der Waals surface area contributed by atoms with Crippen LogP contribution in [-0.4, -0.2) is 52.1 Å². The number of carbonyl (C=O) groups excluding carboxylic acids is 1. The average Bonchev–Trinajstić information content (AvgIpc) is 3.21. The Hall–Kier alpha value is -2.65. The number of hydrogen-bond donors (Lipinski definition) is 2. The Balaban J connectivity index is 1.41. The SMILES string of the molecule is CNS(=O)(=O)c1cccc2c1CCN(C(=O)NC1CCN(c3ccccc3F)C1)C2. The minimum absolute atomic E-state index is 0.0606. The van der Waals surface area contributed by atoms with E-state index < -0.39 is 10.0 Å². The number of urea groups is 1. The van der Waals surface area contributed by atoms with Gasteiger partial charge in [-0.05, 0) is 49.2 Å². The third-order valence-corrected chi connectivity index (χ3v) is 7.28. The van der Waals surface area contributed by atoms with Crippen LogP contribution < -0.4 is 14.9 Å². The van der Waals surface area contributed by atoms with Crippen LogP contribution in [0.25, 0.3) is 0 Å². The predicted octanol–water partition coefficient (Wildman–Crippen LogP) is 2.08. The van der Waals surface area contributed by atoms with Gasteiger partial charge in [0.2, 0.25) is 10.0 Å². The monoisotopic (exact) mass is 432 g/mol. The van der Waals surface area contributed by atoms with Crippen molar-refractivity contribution in [3.05, 3.63) is 59.4 Å². The molecule has 2 aromatic carbocycles. The second-order valence-electron chi connectivity index (χ2n) is 7.61. The highest BCUT2D eigenvalue weighted by Crippen LogP contribution is 2.27. The highest BCUT2D eigenvalue weighted by Gasteiger charge is 2.30. The van der Waals surface area contributed by atoms with Crippen LogP contribution in [0, 0.1) is 5.82 Å². The summed E-state index contributed by atoms with van der Waals surface area (Å²) < 4.78 is 40.9. The van der Waals surface area contributed by atoms with E-state index in [0.29, 0.717) is 38.3 Å². The van der Waals surface area contributed by atoms with E-state index in [1.54, 1.807) is 35.2 Å². The van der Waals surface area contributed by atoms with E-state index in [4.69, 9.17) is 0 Å². The molecule has 7 nitrogen and oxygen atoms in total. The van der Waals surface area contributed by atoms with Crippen LogP contribution in [0.15, 0.2) is 47.4 Å². The molecule has 4 rings (SSSR count). The molecule has 2 heterocycles. The quantitative estimate of drug-likeness (QED) is 0.775. The van der Waals surface area contributed by atoms with E-state index in [1.807, 2.05) is 11.0 Å². The molecule has 30 heavy (non-hydrogen) atoms. The second kappa shape index (κ2) is 8.23. The first-order valence-corrected chi connectivity index (χ1v) is 11.5. The Kier molecular flexibility index (Phi) is 5.66. The number of hydrogen-bond acceptors (Lipinski definition) is 4. The number of rotatable bonds is 4. The number of amides is 2. The normalized spacial score (nSPS) is 18.9. The van der Waals surface area contributed by atoms with Crippen molar-refractivity contribution in [2.75, 3.05) is 31.6 Å². The first-order valence-electron chi connectivity index (χ1n) is 9.98. The largest absolute Gasteiger partial charge is 0.367 e. The van der Waals surface area contributed by atoms with Crippen molar-refractivity contribution in [3.63, 3.8) is 0 Å². The van der Waals surface area contributed by atoms with E-state index in [0.717, 1.165) is 17.5 Å². The number of nitrogens with zero attached hydrogens (tertiary/aromatic N) is 2. The van der Waals surface area contributed by atoms with E-state index in [2.05, 4.69) is 10.0 Å². The number of nitrogens with one attached hydrogen (secondary N) is 2. The maximum absolute atomic E-state index is 14.0. The molecule has 0 bridgehead atoms. The zero-order chi connectivity index (χ0) is 21.3. The van der Waals surface area contributed by atoms with Crippen LogP contribution in [0.5, 0.6) is 0 Å². The summed E-state index contributed by atoms with van der Waals surface area (Å²) in [6.07, 6.45) is 1.22. The van der Waals surface area contributed by atoms with Gasteiger partial charge in [0.25, 0.3) is 0 Å². The molecular formula is C21H25FN4O3S. The van der Waals surface area contributed by atoms with E-state index in [1.165, 1.54) is 13.1 Å². The molecule has 1 atom stereocenters. The zero-order valence-corrected chi connectivity index (χ0v) is 17.6. The molecule has 2 N–H and O–H groups in total. The lowest BCUT2D eigenvalue weighted by atomic mass is 10.00. The van der Waals surface area contributed by atoms with Crippen LogP contribution in [0.2, 0.25) is 0 Å². The summed E-state index contributed by atoms with van der Waals surface area (Å²) in [6, 6.07) is 11.6. The lowest BCUT2D eigenvalue weighted by Gasteiger charge is -2.31. The van der Waals surface area contributed by atoms with Crippen molar-refractivity contribution in [1.82, 2.24) is 14.9 Å². The molecule has 2 aromatic rings. The molecule has 2 amide bonds. The van der Waals surface area contributed by atoms with Gasteiger partial charge in [-0.25, -0.2) is 22.3 Å². The maximum Gasteiger partial charge on any atom is 0.317 e. The molecule has 1 fully saturated rings. The molecule has 9 heteroatoms. The van der Waals surface area contributed by atoms with Crippen molar-refractivity contribution >= 4 is 21.7 Å². The summed E-state index contributed by atoms with van der Waals surface area (Å²) in [5.74, 6) is -0.260. The summed E-state index contributed by atoms with van der Waals surface area (Å²) in [5, 5.41) is 3.05. The minimum Gasteiger partial charge on any atom is -0.367 e. The number of para-hydroxylation sites is 1. The molecule has 1 unspecified atom stereocenters. The zero-order valence-electron chi connectivity index (χ0n) is 16.8. The highest BCUT2D eigenvalue weighted by molar-refractivity contribution is 7.89. The summed E-state index contributed by atoms with van der Waals surface area (Å²) in [7, 11) is -2.14. The molecule has 1 saturated heterocycles. The smallest absolute Gasteiger partial charge is 0.317 e. The average molecular weight is 433 g/mol. The Morgan fingerprint density at radius 1 is 1.13 bits per heavy atom. The molecule has 0 radical (unpaired) electrons. The van der Waals surface area contributed by atoms with Crippen molar-refractivity contribution in [1.29, 1.82) is 0 Å². The highest BCUT2D eigenvalue weighted by atomic mass is 32.2. The van der Waals surface area contributed by atoms with Gasteiger partial charge in [-0.1, -0.05) is 24.3 Å². The molecule has 2 aliphatic rings. The van der Waals surface area contributed by atoms with Gasteiger partial charge < -0.3 is 15.1 Å². The van der Waals surface area contributed by atoms with Gasteiger partial charge in [0, 0.05) is 32.2 Å². The molecule has 0 saturated carbocycles. The fourth-order valence-corrected chi connectivity index (χ4v) is 5.22. The standard InChI is InChI=1S/C21H25FN4O3S/c1-23-30(28,29)20-8-4-5-15-13-26(12-10-17(15)20)21(27)24-16-9-11-25(14-16)19-7-3-2-6-18(19)22/h2-8,16,23H,9-14H2,1H3,(H,24,27). The second-order valence-corrected chi connectivity index (χ2v) is 9.46. The Morgan fingerprint density at radius 2 is 1.93 bits per heavy atom. The van der Waals surface area contributed by atoms with Gasteiger partial charge in [-0.2, -0.15) is 0 Å². The van der Waals surface area contributed by atoms with Crippen molar-refractivity contribution in [3.8, 4) is 0 Å². The fourth-order valence-electron chi connectivity index (χ4n) is 4.18. The van der Waals surface area contributed by atoms with Crippen LogP contribution >= 0.6 is 0 Å². The fraction of sp³-hybridized carbons (Fsp3) is 0.381. The number of fused-ring (bicyclic) bond motifs is 1. The van der Waals surface area contributed by atoms with E-state index >= 15 is 0 Å². The summed E-state index contributed by atoms with van der Waals surface area (Å²) in [4.78, 5) is 16.7. The topological polar surface area (TPSA) is 81.8 Å². The van der Waals surface area contributed by atoms with Crippen molar-refractivity contribution in [2.45, 2.75) is 30.3 Å². The first-order chi connectivity index (χ1) is 14.4. The van der Waals surface area contributed by atoms with Crippen molar-refractivity contribution in [2.24, 2.45) is 0 Å². The van der Waals surface area contributed by atoms with E-state index in [9.17, 15) is 17.6 Å². The van der Waals surface area contributed by atoms with Crippen molar-refractivity contribution < 1.29 is 17.6 Å². The number of anilines is 1. The lowest BCUT2D eigenvalue weighted by Crippen LogP contribution is -2.47. The molecule has 0 aliphatic carbocycles. The van der Waals surface area contributed by atoms with Gasteiger partial charge >= 0.3 is 6.03 Å². The van der Waals surface area contributed by atoms with Crippen LogP contribution in [0.3, 0.4) is 0 Å². The Morgan fingerprint density at radius 3 is 2.70 bits per heavy atom. The summed E-state index contributed by atoms with van der Waals surface area (Å²) in [6.45, 7) is 2.04. The molecule has 2 aliphatic heterocycles. The third kappa shape index (κ3) is 3.99. The maximum atomic E-state index is 14.0. The number of halogens is 1. The van der Waals surface area contributed by atoms with Crippen LogP contribution in [0.1, 0.15) is 17.5 Å². The Bertz CT molecular complexity index is 1060. The molecule has 0 aromatic heterocycles. The summed E-state index contributed by atoms with van der Waals surface area (Å²) in [5.41, 5.74) is 2.16. The number of benzene rings is 2. The van der Waals surface area contributed by atoms with Gasteiger partial charge in [0.05, 0.1) is 10.6 Å².